The van der Waals surface area contributed by atoms with Crippen molar-refractivity contribution in [2.24, 2.45) is 5.92 Å². The monoisotopic (exact) mass is 383 g/mol. The van der Waals surface area contributed by atoms with E-state index in [9.17, 15) is 9.59 Å². The maximum atomic E-state index is 12.7. The second-order valence-corrected chi connectivity index (χ2v) is 7.00. The number of carbonyl (C=O) groups is 2. The van der Waals surface area contributed by atoms with Crippen LogP contribution in [-0.2, 0) is 22.4 Å². The highest BCUT2D eigenvalue weighted by Crippen LogP contribution is 2.23. The third-order valence-corrected chi connectivity index (χ3v) is 4.29. The summed E-state index contributed by atoms with van der Waals surface area (Å²) in [5.74, 6) is 0.228. The SMILES string of the molecule is CCc1cccc(CC)c1NC(=O)c1ccc(OCC(=O)OCC(C)C)cc1. The van der Waals surface area contributed by atoms with Crippen LogP contribution in [0, 0.1) is 5.92 Å². The molecular weight excluding hydrogens is 354 g/mol. The molecule has 2 aromatic carbocycles. The van der Waals surface area contributed by atoms with Crippen LogP contribution >= 0.6 is 0 Å². The Kier molecular flexibility index (Phi) is 8.05. The summed E-state index contributed by atoms with van der Waals surface area (Å²) in [6.45, 7) is 8.31. The molecule has 0 aliphatic carbocycles. The van der Waals surface area contributed by atoms with E-state index in [2.05, 4.69) is 19.2 Å². The number of benzene rings is 2. The van der Waals surface area contributed by atoms with Gasteiger partial charge in [-0.15, -0.1) is 0 Å². The number of rotatable bonds is 9. The molecule has 5 nitrogen and oxygen atoms in total. The Balaban J connectivity index is 1.98. The van der Waals surface area contributed by atoms with Crippen molar-refractivity contribution in [2.45, 2.75) is 40.5 Å². The van der Waals surface area contributed by atoms with Crippen molar-refractivity contribution in [1.29, 1.82) is 0 Å². The van der Waals surface area contributed by atoms with Crippen LogP contribution in [0.15, 0.2) is 42.5 Å². The normalized spacial score (nSPS) is 10.6. The van der Waals surface area contributed by atoms with Gasteiger partial charge >= 0.3 is 5.97 Å². The molecule has 0 fully saturated rings. The Bertz CT molecular complexity index is 774. The first-order valence-electron chi connectivity index (χ1n) is 9.75. The fourth-order valence-electron chi connectivity index (χ4n) is 2.73. The second-order valence-electron chi connectivity index (χ2n) is 7.00. The number of ether oxygens (including phenoxy) is 2. The van der Waals surface area contributed by atoms with Crippen LogP contribution in [0.25, 0.3) is 0 Å². The van der Waals surface area contributed by atoms with Gasteiger partial charge in [-0.1, -0.05) is 45.9 Å². The van der Waals surface area contributed by atoms with E-state index in [0.717, 1.165) is 29.7 Å². The Labute approximate surface area is 167 Å². The molecule has 0 unspecified atom stereocenters. The highest BCUT2D eigenvalue weighted by Gasteiger charge is 2.12. The standard InChI is InChI=1S/C23H29NO4/c1-5-17-8-7-9-18(6-2)22(17)24-23(26)19-10-12-20(13-11-19)27-15-21(25)28-14-16(3)4/h7-13,16H,5-6,14-15H2,1-4H3,(H,24,26). The number of aryl methyl sites for hydroxylation is 2. The highest BCUT2D eigenvalue weighted by atomic mass is 16.6. The molecule has 2 rings (SSSR count). The fraction of sp³-hybridized carbons (Fsp3) is 0.391. The summed E-state index contributed by atoms with van der Waals surface area (Å²) in [4.78, 5) is 24.3. The van der Waals surface area contributed by atoms with Gasteiger partial charge < -0.3 is 14.8 Å². The van der Waals surface area contributed by atoms with Crippen LogP contribution in [0.4, 0.5) is 5.69 Å². The topological polar surface area (TPSA) is 64.6 Å². The smallest absolute Gasteiger partial charge is 0.344 e. The van der Waals surface area contributed by atoms with Crippen molar-refractivity contribution in [1.82, 2.24) is 0 Å². The number of anilines is 1. The summed E-state index contributed by atoms with van der Waals surface area (Å²) in [5.41, 5.74) is 3.66. The molecule has 1 amide bonds. The maximum absolute atomic E-state index is 12.7. The number of hydrogen-bond donors (Lipinski definition) is 1. The van der Waals surface area contributed by atoms with Gasteiger partial charge in [0.15, 0.2) is 6.61 Å². The molecule has 0 spiro atoms. The third-order valence-electron chi connectivity index (χ3n) is 4.29. The molecule has 0 atom stereocenters. The van der Waals surface area contributed by atoms with Gasteiger partial charge in [0.05, 0.1) is 6.61 Å². The first-order chi connectivity index (χ1) is 13.4. The lowest BCUT2D eigenvalue weighted by atomic mass is 10.0. The van der Waals surface area contributed by atoms with Gasteiger partial charge in [0.1, 0.15) is 5.75 Å². The van der Waals surface area contributed by atoms with Crippen molar-refractivity contribution >= 4 is 17.6 Å². The molecule has 150 valence electrons. The minimum absolute atomic E-state index is 0.151. The molecule has 5 heteroatoms. The first-order valence-corrected chi connectivity index (χ1v) is 9.75. The molecule has 0 bridgehead atoms. The molecule has 1 N–H and O–H groups in total. The largest absolute Gasteiger partial charge is 0.482 e. The van der Waals surface area contributed by atoms with Crippen molar-refractivity contribution in [3.63, 3.8) is 0 Å². The summed E-state index contributed by atoms with van der Waals surface area (Å²) in [6.07, 6.45) is 1.70. The van der Waals surface area contributed by atoms with Crippen molar-refractivity contribution in [3.05, 3.63) is 59.2 Å². The average Bonchev–Trinajstić information content (AvgIpc) is 2.71. The predicted octanol–water partition coefficient (Wildman–Crippen LogP) is 4.64. The predicted molar refractivity (Wildman–Crippen MR) is 111 cm³/mol. The van der Waals surface area contributed by atoms with Gasteiger partial charge in [0.2, 0.25) is 0 Å². The molecule has 0 saturated heterocycles. The van der Waals surface area contributed by atoms with Crippen LogP contribution in [0.5, 0.6) is 5.75 Å². The number of hydrogen-bond acceptors (Lipinski definition) is 4. The first kappa shape index (κ1) is 21.5. The summed E-state index contributed by atoms with van der Waals surface area (Å²) in [5, 5.41) is 3.04. The van der Waals surface area contributed by atoms with Crippen LogP contribution in [0.3, 0.4) is 0 Å². The average molecular weight is 383 g/mol. The van der Waals surface area contributed by atoms with Crippen molar-refractivity contribution in [3.8, 4) is 5.75 Å². The number of para-hydroxylation sites is 1. The van der Waals surface area contributed by atoms with Gasteiger partial charge in [-0.05, 0) is 54.2 Å². The molecule has 2 aromatic rings. The van der Waals surface area contributed by atoms with Gasteiger partial charge in [0.25, 0.3) is 5.91 Å². The van der Waals surface area contributed by atoms with Gasteiger partial charge in [-0.3, -0.25) is 4.79 Å². The summed E-state index contributed by atoms with van der Waals surface area (Å²) in [6, 6.07) is 12.8. The lowest BCUT2D eigenvalue weighted by Gasteiger charge is -2.14. The Morgan fingerprint density at radius 1 is 0.964 bits per heavy atom. The Hall–Kier alpha value is -2.82. The molecule has 0 aliphatic heterocycles. The number of carbonyl (C=O) groups excluding carboxylic acids is 2. The molecular formula is C23H29NO4. The minimum atomic E-state index is -0.404. The summed E-state index contributed by atoms with van der Waals surface area (Å²) in [7, 11) is 0. The van der Waals surface area contributed by atoms with Crippen LogP contribution in [0.2, 0.25) is 0 Å². The van der Waals surface area contributed by atoms with Gasteiger partial charge in [-0.2, -0.15) is 0 Å². The lowest BCUT2D eigenvalue weighted by Crippen LogP contribution is -2.17. The fourth-order valence-corrected chi connectivity index (χ4v) is 2.73. The van der Waals surface area contributed by atoms with E-state index >= 15 is 0 Å². The lowest BCUT2D eigenvalue weighted by molar-refractivity contribution is -0.147. The quantitative estimate of drug-likeness (QED) is 0.641. The number of amides is 1. The van der Waals surface area contributed by atoms with Crippen LogP contribution < -0.4 is 10.1 Å². The third kappa shape index (κ3) is 6.12. The van der Waals surface area contributed by atoms with E-state index in [-0.39, 0.29) is 18.4 Å². The number of esters is 1. The molecule has 0 radical (unpaired) electrons. The molecule has 0 aliphatic rings. The molecule has 28 heavy (non-hydrogen) atoms. The summed E-state index contributed by atoms with van der Waals surface area (Å²) < 4.78 is 10.5. The van der Waals surface area contributed by atoms with Crippen molar-refractivity contribution in [2.75, 3.05) is 18.5 Å². The second kappa shape index (κ2) is 10.5. The van der Waals surface area contributed by atoms with E-state index in [1.807, 2.05) is 32.0 Å². The van der Waals surface area contributed by atoms with E-state index in [1.165, 1.54) is 0 Å². The van der Waals surface area contributed by atoms with Crippen LogP contribution in [-0.4, -0.2) is 25.1 Å². The molecule has 0 aromatic heterocycles. The van der Waals surface area contributed by atoms with Gasteiger partial charge in [-0.25, -0.2) is 4.79 Å². The highest BCUT2D eigenvalue weighted by molar-refractivity contribution is 6.05. The zero-order valence-corrected chi connectivity index (χ0v) is 17.1. The van der Waals surface area contributed by atoms with Crippen molar-refractivity contribution < 1.29 is 19.1 Å². The van der Waals surface area contributed by atoms with Crippen LogP contribution in [0.1, 0.15) is 49.2 Å². The van der Waals surface area contributed by atoms with E-state index < -0.39 is 5.97 Å². The van der Waals surface area contributed by atoms with E-state index in [1.54, 1.807) is 24.3 Å². The Morgan fingerprint density at radius 3 is 2.11 bits per heavy atom. The van der Waals surface area contributed by atoms with E-state index in [4.69, 9.17) is 9.47 Å². The Morgan fingerprint density at radius 2 is 1.57 bits per heavy atom. The maximum Gasteiger partial charge on any atom is 0.344 e. The minimum Gasteiger partial charge on any atom is -0.482 e. The molecule has 0 saturated carbocycles. The summed E-state index contributed by atoms with van der Waals surface area (Å²) >= 11 is 0. The zero-order valence-electron chi connectivity index (χ0n) is 17.1. The zero-order chi connectivity index (χ0) is 20.5. The van der Waals surface area contributed by atoms with E-state index in [0.29, 0.717) is 17.9 Å². The van der Waals surface area contributed by atoms with Gasteiger partial charge in [0, 0.05) is 11.3 Å². The number of nitrogens with one attached hydrogen (secondary N) is 1. The molecule has 0 heterocycles.